The number of carbonyl (C=O) groups is 1. The maximum absolute atomic E-state index is 11.8. The Bertz CT molecular complexity index is 985. The summed E-state index contributed by atoms with van der Waals surface area (Å²) in [6.07, 6.45) is 5.02. The van der Waals surface area contributed by atoms with Gasteiger partial charge in [0.15, 0.2) is 11.5 Å². The lowest BCUT2D eigenvalue weighted by Gasteiger charge is -2.27. The Morgan fingerprint density at radius 2 is 1.97 bits per heavy atom. The quantitative estimate of drug-likeness (QED) is 0.543. The topological polar surface area (TPSA) is 79.8 Å². The Kier molecular flexibility index (Phi) is 6.70. The number of carbonyl (C=O) groups excluding carboxylic acids is 1. The number of para-hydroxylation sites is 2. The number of hydrogen-bond donors (Lipinski definition) is 3. The minimum absolute atomic E-state index is 0.0402. The summed E-state index contributed by atoms with van der Waals surface area (Å²) in [6, 6.07) is 13.6. The number of aliphatic hydroxyl groups excluding tert-OH is 1. The van der Waals surface area contributed by atoms with Crippen molar-refractivity contribution >= 4 is 17.2 Å². The van der Waals surface area contributed by atoms with Gasteiger partial charge in [-0.25, -0.2) is 0 Å². The molecule has 6 heteroatoms. The van der Waals surface area contributed by atoms with Gasteiger partial charge in [0.1, 0.15) is 13.2 Å². The van der Waals surface area contributed by atoms with E-state index in [1.807, 2.05) is 36.4 Å². The van der Waals surface area contributed by atoms with Crippen molar-refractivity contribution in [2.75, 3.05) is 25.1 Å². The monoisotopic (exact) mass is 420 g/mol. The van der Waals surface area contributed by atoms with Crippen LogP contribution in [0.1, 0.15) is 24.0 Å². The number of nitrogens with one attached hydrogen (secondary N) is 2. The predicted molar refractivity (Wildman–Crippen MR) is 121 cm³/mol. The first-order chi connectivity index (χ1) is 15.1. The van der Waals surface area contributed by atoms with Crippen LogP contribution >= 0.6 is 0 Å². The summed E-state index contributed by atoms with van der Waals surface area (Å²) in [4.78, 5) is 11.8. The summed E-state index contributed by atoms with van der Waals surface area (Å²) in [5.41, 5.74) is 4.32. The second kappa shape index (κ2) is 9.81. The molecule has 0 aliphatic carbocycles. The fourth-order valence-corrected chi connectivity index (χ4v) is 4.13. The van der Waals surface area contributed by atoms with Gasteiger partial charge in [-0.15, -0.1) is 0 Å². The van der Waals surface area contributed by atoms with E-state index >= 15 is 0 Å². The standard InChI is InChI=1S/C25H28N2O4/c1-2-12-30-23-8-3-4-9-24(23)31-16-19(28)14-18-13-17(10-11-26-18)20-6-5-7-22-21(20)15-25(29)27-22/h2-10,18-19,26,28H,1,11-16H2,(H,27,29). The van der Waals surface area contributed by atoms with Crippen LogP contribution in [-0.4, -0.2) is 42.9 Å². The lowest BCUT2D eigenvalue weighted by Crippen LogP contribution is -2.37. The predicted octanol–water partition coefficient (Wildman–Crippen LogP) is 3.32. The van der Waals surface area contributed by atoms with Crippen molar-refractivity contribution in [3.05, 3.63) is 72.3 Å². The average molecular weight is 421 g/mol. The minimum atomic E-state index is -0.617. The van der Waals surface area contributed by atoms with E-state index in [1.165, 1.54) is 5.57 Å². The molecule has 0 spiro atoms. The molecular weight excluding hydrogens is 392 g/mol. The molecule has 2 aromatic carbocycles. The van der Waals surface area contributed by atoms with E-state index in [0.29, 0.717) is 30.9 Å². The van der Waals surface area contributed by atoms with E-state index in [4.69, 9.17) is 9.47 Å². The van der Waals surface area contributed by atoms with Gasteiger partial charge in [-0.2, -0.15) is 0 Å². The van der Waals surface area contributed by atoms with Crippen molar-refractivity contribution in [1.82, 2.24) is 5.32 Å². The highest BCUT2D eigenvalue weighted by molar-refractivity contribution is 6.01. The smallest absolute Gasteiger partial charge is 0.228 e. The number of anilines is 1. The highest BCUT2D eigenvalue weighted by atomic mass is 16.5. The van der Waals surface area contributed by atoms with Crippen LogP contribution in [0.15, 0.2) is 61.2 Å². The lowest BCUT2D eigenvalue weighted by atomic mass is 9.89. The molecule has 2 aliphatic heterocycles. The fourth-order valence-electron chi connectivity index (χ4n) is 4.13. The normalized spacial score (nSPS) is 18.5. The van der Waals surface area contributed by atoms with Crippen LogP contribution < -0.4 is 20.1 Å². The van der Waals surface area contributed by atoms with Crippen molar-refractivity contribution in [2.24, 2.45) is 0 Å². The first-order valence-electron chi connectivity index (χ1n) is 10.6. The Labute approximate surface area is 182 Å². The van der Waals surface area contributed by atoms with Crippen LogP contribution in [0, 0.1) is 0 Å². The molecule has 6 nitrogen and oxygen atoms in total. The van der Waals surface area contributed by atoms with Gasteiger partial charge in [-0.3, -0.25) is 4.79 Å². The molecule has 4 rings (SSSR count). The summed E-state index contributed by atoms with van der Waals surface area (Å²) in [5.74, 6) is 1.28. The van der Waals surface area contributed by atoms with Gasteiger partial charge in [-0.1, -0.05) is 43.0 Å². The molecule has 0 aromatic heterocycles. The number of hydrogen-bond acceptors (Lipinski definition) is 5. The molecule has 0 radical (unpaired) electrons. The zero-order valence-corrected chi connectivity index (χ0v) is 17.5. The third-order valence-electron chi connectivity index (χ3n) is 5.55. The molecule has 3 N–H and O–H groups in total. The van der Waals surface area contributed by atoms with Crippen molar-refractivity contribution in [3.63, 3.8) is 0 Å². The molecule has 2 aliphatic rings. The van der Waals surface area contributed by atoms with E-state index in [-0.39, 0.29) is 18.6 Å². The number of fused-ring (bicyclic) bond motifs is 1. The fraction of sp³-hybridized carbons (Fsp3) is 0.320. The molecule has 162 valence electrons. The summed E-state index contributed by atoms with van der Waals surface area (Å²) < 4.78 is 11.4. The van der Waals surface area contributed by atoms with E-state index < -0.39 is 6.10 Å². The first-order valence-corrected chi connectivity index (χ1v) is 10.6. The Balaban J connectivity index is 1.34. The molecule has 0 saturated heterocycles. The van der Waals surface area contributed by atoms with Gasteiger partial charge >= 0.3 is 0 Å². The number of aliphatic hydroxyl groups is 1. The molecular formula is C25H28N2O4. The third-order valence-corrected chi connectivity index (χ3v) is 5.55. The molecule has 0 bridgehead atoms. The Morgan fingerprint density at radius 1 is 1.16 bits per heavy atom. The molecule has 2 unspecified atom stereocenters. The Hall–Kier alpha value is -3.09. The van der Waals surface area contributed by atoms with Crippen LogP contribution in [0.3, 0.4) is 0 Å². The van der Waals surface area contributed by atoms with E-state index in [1.54, 1.807) is 6.08 Å². The van der Waals surface area contributed by atoms with Gasteiger partial charge in [0.25, 0.3) is 0 Å². The number of rotatable bonds is 9. The zero-order valence-electron chi connectivity index (χ0n) is 17.5. The molecule has 2 aromatic rings. The van der Waals surface area contributed by atoms with Crippen molar-refractivity contribution in [2.45, 2.75) is 31.4 Å². The third kappa shape index (κ3) is 5.16. The number of ether oxygens (including phenoxy) is 2. The highest BCUT2D eigenvalue weighted by Crippen LogP contribution is 2.34. The molecule has 0 saturated carbocycles. The second-order valence-corrected chi connectivity index (χ2v) is 7.84. The van der Waals surface area contributed by atoms with E-state index in [2.05, 4.69) is 29.4 Å². The molecule has 0 fully saturated rings. The maximum atomic E-state index is 11.8. The van der Waals surface area contributed by atoms with Crippen LogP contribution in [0.5, 0.6) is 11.5 Å². The molecule has 1 amide bonds. The number of benzene rings is 2. The maximum Gasteiger partial charge on any atom is 0.228 e. The van der Waals surface area contributed by atoms with Gasteiger partial charge < -0.3 is 25.2 Å². The SMILES string of the molecule is C=CCOc1ccccc1OCC(O)CC1CC(c2cccc3c2CC(=O)N3)=CCN1. The van der Waals surface area contributed by atoms with Crippen molar-refractivity contribution in [3.8, 4) is 11.5 Å². The van der Waals surface area contributed by atoms with Crippen LogP contribution in [0.2, 0.25) is 0 Å². The van der Waals surface area contributed by atoms with E-state index in [0.717, 1.165) is 29.8 Å². The molecule has 2 atom stereocenters. The molecule has 31 heavy (non-hydrogen) atoms. The lowest BCUT2D eigenvalue weighted by molar-refractivity contribution is -0.115. The average Bonchev–Trinajstić information content (AvgIpc) is 3.17. The second-order valence-electron chi connectivity index (χ2n) is 7.84. The highest BCUT2D eigenvalue weighted by Gasteiger charge is 2.25. The molecule has 2 heterocycles. The summed E-state index contributed by atoms with van der Waals surface area (Å²) in [6.45, 7) is 4.97. The van der Waals surface area contributed by atoms with Crippen LogP contribution in [0.4, 0.5) is 5.69 Å². The van der Waals surface area contributed by atoms with E-state index in [9.17, 15) is 9.90 Å². The van der Waals surface area contributed by atoms with Gasteiger partial charge in [-0.05, 0) is 47.7 Å². The zero-order chi connectivity index (χ0) is 21.6. The van der Waals surface area contributed by atoms with Gasteiger partial charge in [0.05, 0.1) is 12.5 Å². The number of amides is 1. The summed E-state index contributed by atoms with van der Waals surface area (Å²) in [5, 5.41) is 16.9. The minimum Gasteiger partial charge on any atom is -0.487 e. The van der Waals surface area contributed by atoms with Crippen LogP contribution in [-0.2, 0) is 11.2 Å². The van der Waals surface area contributed by atoms with Gasteiger partial charge in [0.2, 0.25) is 5.91 Å². The first kappa shape index (κ1) is 21.2. The van der Waals surface area contributed by atoms with Crippen molar-refractivity contribution < 1.29 is 19.4 Å². The summed E-state index contributed by atoms with van der Waals surface area (Å²) in [7, 11) is 0. The summed E-state index contributed by atoms with van der Waals surface area (Å²) >= 11 is 0. The Morgan fingerprint density at radius 3 is 2.77 bits per heavy atom. The largest absolute Gasteiger partial charge is 0.487 e. The van der Waals surface area contributed by atoms with Crippen LogP contribution in [0.25, 0.3) is 5.57 Å². The van der Waals surface area contributed by atoms with Crippen molar-refractivity contribution in [1.29, 1.82) is 0 Å². The van der Waals surface area contributed by atoms with Gasteiger partial charge in [0, 0.05) is 18.3 Å².